The zero-order valence-corrected chi connectivity index (χ0v) is 15.6. The molecule has 2 aromatic rings. The highest BCUT2D eigenvalue weighted by Crippen LogP contribution is 2.17. The van der Waals surface area contributed by atoms with Crippen molar-refractivity contribution in [3.8, 4) is 0 Å². The number of aryl methyl sites for hydroxylation is 1. The SMILES string of the molecule is COCc1cccc(CNC(=O)N2CCN(c3cccc(C)c3)CC2)c1. The first-order valence-electron chi connectivity index (χ1n) is 9.07. The van der Waals surface area contributed by atoms with Gasteiger partial charge in [-0.15, -0.1) is 0 Å². The van der Waals surface area contributed by atoms with E-state index < -0.39 is 0 Å². The number of anilines is 1. The molecule has 1 heterocycles. The first-order chi connectivity index (χ1) is 12.7. The molecule has 5 heteroatoms. The number of hydrogen-bond donors (Lipinski definition) is 1. The first kappa shape index (κ1) is 18.3. The van der Waals surface area contributed by atoms with Crippen LogP contribution in [-0.4, -0.2) is 44.2 Å². The minimum absolute atomic E-state index is 0.00559. The molecule has 0 radical (unpaired) electrons. The number of nitrogens with one attached hydrogen (secondary N) is 1. The van der Waals surface area contributed by atoms with Gasteiger partial charge >= 0.3 is 6.03 Å². The Morgan fingerprint density at radius 2 is 1.77 bits per heavy atom. The van der Waals surface area contributed by atoms with Crippen LogP contribution >= 0.6 is 0 Å². The van der Waals surface area contributed by atoms with E-state index in [4.69, 9.17) is 4.74 Å². The van der Waals surface area contributed by atoms with Gasteiger partial charge in [0.15, 0.2) is 0 Å². The average molecular weight is 353 g/mol. The third-order valence-electron chi connectivity index (χ3n) is 4.68. The molecule has 0 spiro atoms. The Kier molecular flexibility index (Phi) is 6.12. The van der Waals surface area contributed by atoms with Crippen molar-refractivity contribution >= 4 is 11.7 Å². The zero-order valence-electron chi connectivity index (χ0n) is 15.6. The molecule has 26 heavy (non-hydrogen) atoms. The summed E-state index contributed by atoms with van der Waals surface area (Å²) in [5, 5.41) is 3.03. The van der Waals surface area contributed by atoms with Crippen molar-refractivity contribution in [2.45, 2.75) is 20.1 Å². The molecule has 1 saturated heterocycles. The predicted octanol–water partition coefficient (Wildman–Crippen LogP) is 3.17. The fourth-order valence-corrected chi connectivity index (χ4v) is 3.28. The van der Waals surface area contributed by atoms with Gasteiger partial charge in [0.05, 0.1) is 6.61 Å². The summed E-state index contributed by atoms with van der Waals surface area (Å²) in [7, 11) is 1.69. The largest absolute Gasteiger partial charge is 0.380 e. The van der Waals surface area contributed by atoms with Gasteiger partial charge in [0.25, 0.3) is 0 Å². The maximum absolute atomic E-state index is 12.5. The summed E-state index contributed by atoms with van der Waals surface area (Å²) in [4.78, 5) is 16.7. The standard InChI is InChI=1S/C21H27N3O2/c1-17-5-3-8-20(13-17)23-9-11-24(12-10-23)21(25)22-15-18-6-4-7-19(14-18)16-26-2/h3-8,13-14H,9-12,15-16H2,1-2H3,(H,22,25). The molecule has 5 nitrogen and oxygen atoms in total. The highest BCUT2D eigenvalue weighted by Gasteiger charge is 2.21. The quantitative estimate of drug-likeness (QED) is 0.898. The number of urea groups is 1. The summed E-state index contributed by atoms with van der Waals surface area (Å²) in [6, 6.07) is 16.6. The zero-order chi connectivity index (χ0) is 18.4. The maximum atomic E-state index is 12.5. The van der Waals surface area contributed by atoms with Gasteiger partial charge in [-0.05, 0) is 35.7 Å². The number of hydrogen-bond acceptors (Lipinski definition) is 3. The van der Waals surface area contributed by atoms with Crippen LogP contribution in [0.15, 0.2) is 48.5 Å². The fraction of sp³-hybridized carbons (Fsp3) is 0.381. The normalized spacial score (nSPS) is 14.4. The molecule has 138 valence electrons. The van der Waals surface area contributed by atoms with Gasteiger partial charge in [0, 0.05) is 45.5 Å². The van der Waals surface area contributed by atoms with Crippen LogP contribution in [0.25, 0.3) is 0 Å². The summed E-state index contributed by atoms with van der Waals surface area (Å²) in [6.45, 7) is 6.43. The molecule has 0 bridgehead atoms. The minimum Gasteiger partial charge on any atom is -0.380 e. The molecule has 0 unspecified atom stereocenters. The molecular weight excluding hydrogens is 326 g/mol. The lowest BCUT2D eigenvalue weighted by Crippen LogP contribution is -2.51. The summed E-state index contributed by atoms with van der Waals surface area (Å²) < 4.78 is 5.16. The van der Waals surface area contributed by atoms with Crippen LogP contribution in [0.3, 0.4) is 0 Å². The summed E-state index contributed by atoms with van der Waals surface area (Å²) in [6.07, 6.45) is 0. The molecule has 0 aliphatic carbocycles. The molecule has 0 saturated carbocycles. The van der Waals surface area contributed by atoms with E-state index >= 15 is 0 Å². The highest BCUT2D eigenvalue weighted by molar-refractivity contribution is 5.74. The van der Waals surface area contributed by atoms with Gasteiger partial charge in [-0.2, -0.15) is 0 Å². The molecular formula is C21H27N3O2. The van der Waals surface area contributed by atoms with Gasteiger partial charge in [0.2, 0.25) is 0 Å². The number of ether oxygens (including phenoxy) is 1. The molecule has 0 aromatic heterocycles. The second kappa shape index (κ2) is 8.72. The van der Waals surface area contributed by atoms with Gasteiger partial charge in [0.1, 0.15) is 0 Å². The van der Waals surface area contributed by atoms with Crippen LogP contribution < -0.4 is 10.2 Å². The van der Waals surface area contributed by atoms with Crippen molar-refractivity contribution in [1.29, 1.82) is 0 Å². The molecule has 0 atom stereocenters. The van der Waals surface area contributed by atoms with Crippen LogP contribution in [0.5, 0.6) is 0 Å². The van der Waals surface area contributed by atoms with Gasteiger partial charge in [-0.1, -0.05) is 36.4 Å². The van der Waals surface area contributed by atoms with E-state index in [1.165, 1.54) is 11.3 Å². The van der Waals surface area contributed by atoms with Crippen LogP contribution in [0.4, 0.5) is 10.5 Å². The number of amides is 2. The van der Waals surface area contributed by atoms with E-state index in [1.54, 1.807) is 7.11 Å². The number of benzene rings is 2. The average Bonchev–Trinajstić information content (AvgIpc) is 2.67. The van der Waals surface area contributed by atoms with Crippen LogP contribution in [0.2, 0.25) is 0 Å². The number of nitrogens with zero attached hydrogens (tertiary/aromatic N) is 2. The van der Waals surface area contributed by atoms with Crippen LogP contribution in [-0.2, 0) is 17.9 Å². The predicted molar refractivity (Wildman–Crippen MR) is 104 cm³/mol. The topological polar surface area (TPSA) is 44.8 Å². The number of piperazine rings is 1. The number of carbonyl (C=O) groups is 1. The first-order valence-corrected chi connectivity index (χ1v) is 9.07. The Morgan fingerprint density at radius 3 is 2.50 bits per heavy atom. The Balaban J connectivity index is 1.48. The fourth-order valence-electron chi connectivity index (χ4n) is 3.28. The minimum atomic E-state index is 0.00559. The molecule has 1 N–H and O–H groups in total. The monoisotopic (exact) mass is 353 g/mol. The van der Waals surface area contributed by atoms with E-state index in [1.807, 2.05) is 23.1 Å². The number of methoxy groups -OCH3 is 1. The van der Waals surface area contributed by atoms with Crippen LogP contribution in [0, 0.1) is 6.92 Å². The lowest BCUT2D eigenvalue weighted by atomic mass is 10.1. The second-order valence-electron chi connectivity index (χ2n) is 6.72. The molecule has 1 fully saturated rings. The van der Waals surface area contributed by atoms with Crippen molar-refractivity contribution in [3.63, 3.8) is 0 Å². The summed E-state index contributed by atoms with van der Waals surface area (Å²) in [5.41, 5.74) is 4.70. The second-order valence-corrected chi connectivity index (χ2v) is 6.72. The number of carbonyl (C=O) groups excluding carboxylic acids is 1. The highest BCUT2D eigenvalue weighted by atomic mass is 16.5. The van der Waals surface area contributed by atoms with Crippen molar-refractivity contribution in [3.05, 3.63) is 65.2 Å². The van der Waals surface area contributed by atoms with Crippen molar-refractivity contribution < 1.29 is 9.53 Å². The van der Waals surface area contributed by atoms with E-state index in [2.05, 4.69) is 47.5 Å². The van der Waals surface area contributed by atoms with Crippen molar-refractivity contribution in [2.75, 3.05) is 38.2 Å². The Labute approximate surface area is 155 Å². The van der Waals surface area contributed by atoms with Gasteiger partial charge < -0.3 is 19.9 Å². The summed E-state index contributed by atoms with van der Waals surface area (Å²) >= 11 is 0. The Bertz CT molecular complexity index is 740. The lowest BCUT2D eigenvalue weighted by Gasteiger charge is -2.36. The molecule has 3 rings (SSSR count). The molecule has 1 aliphatic rings. The van der Waals surface area contributed by atoms with Crippen LogP contribution in [0.1, 0.15) is 16.7 Å². The van der Waals surface area contributed by atoms with Crippen molar-refractivity contribution in [1.82, 2.24) is 10.2 Å². The number of rotatable bonds is 5. The maximum Gasteiger partial charge on any atom is 0.317 e. The molecule has 2 aromatic carbocycles. The summed E-state index contributed by atoms with van der Waals surface area (Å²) in [5.74, 6) is 0. The third-order valence-corrected chi connectivity index (χ3v) is 4.68. The van der Waals surface area contributed by atoms with Gasteiger partial charge in [-0.3, -0.25) is 0 Å². The Hall–Kier alpha value is -2.53. The molecule has 1 aliphatic heterocycles. The Morgan fingerprint density at radius 1 is 1.04 bits per heavy atom. The molecule has 2 amide bonds. The van der Waals surface area contributed by atoms with Gasteiger partial charge in [-0.25, -0.2) is 4.79 Å². The van der Waals surface area contributed by atoms with E-state index in [-0.39, 0.29) is 6.03 Å². The van der Waals surface area contributed by atoms with E-state index in [9.17, 15) is 4.79 Å². The smallest absolute Gasteiger partial charge is 0.317 e. The van der Waals surface area contributed by atoms with E-state index in [0.717, 1.165) is 37.3 Å². The van der Waals surface area contributed by atoms with Crippen molar-refractivity contribution in [2.24, 2.45) is 0 Å². The third kappa shape index (κ3) is 4.76. The lowest BCUT2D eigenvalue weighted by molar-refractivity contribution is 0.185. The van der Waals surface area contributed by atoms with E-state index in [0.29, 0.717) is 13.2 Å².